The second-order valence-corrected chi connectivity index (χ2v) is 7.94. The van der Waals surface area contributed by atoms with Gasteiger partial charge in [0.1, 0.15) is 23.2 Å². The maximum absolute atomic E-state index is 12.2. The predicted octanol–water partition coefficient (Wildman–Crippen LogP) is 1.25. The van der Waals surface area contributed by atoms with Crippen molar-refractivity contribution in [2.24, 2.45) is 0 Å². The molecule has 0 aromatic heterocycles. The van der Waals surface area contributed by atoms with Crippen molar-refractivity contribution in [1.82, 2.24) is 9.80 Å². The van der Waals surface area contributed by atoms with Crippen molar-refractivity contribution >= 4 is 18.8 Å². The molecule has 0 aliphatic carbocycles. The average Bonchev–Trinajstić information content (AvgIpc) is 2.69. The number of hydrogen-bond donors (Lipinski definition) is 1. The fraction of sp³-hybridized carbons (Fsp3) is 0.600. The number of rotatable bonds is 6. The molecule has 3 heterocycles. The van der Waals surface area contributed by atoms with Gasteiger partial charge in [-0.25, -0.2) is 4.79 Å². The Labute approximate surface area is 170 Å². The average molecular weight is 402 g/mol. The Morgan fingerprint density at radius 3 is 2.76 bits per heavy atom. The Morgan fingerprint density at radius 2 is 2.03 bits per heavy atom. The highest BCUT2D eigenvalue weighted by Gasteiger charge is 2.33. The number of amides is 1. The lowest BCUT2D eigenvalue weighted by molar-refractivity contribution is -0.136. The van der Waals surface area contributed by atoms with Crippen LogP contribution in [0.3, 0.4) is 0 Å². The summed E-state index contributed by atoms with van der Waals surface area (Å²) in [6.07, 6.45) is 2.10. The first-order valence-corrected chi connectivity index (χ1v) is 10.3. The zero-order chi connectivity index (χ0) is 20.4. The number of likely N-dealkylation sites (tertiary alicyclic amines) is 1. The van der Waals surface area contributed by atoms with Gasteiger partial charge in [-0.05, 0) is 31.2 Å². The molecular weight excluding hydrogens is 375 g/mol. The summed E-state index contributed by atoms with van der Waals surface area (Å²) < 4.78 is 17.1. The molecule has 8 nitrogen and oxygen atoms in total. The third kappa shape index (κ3) is 4.51. The number of carbonyl (C=O) groups excluding carboxylic acids is 1. The number of aromatic carboxylic acids is 1. The summed E-state index contributed by atoms with van der Waals surface area (Å²) in [6, 6.07) is 3.65. The molecule has 1 N–H and O–H groups in total. The summed E-state index contributed by atoms with van der Waals surface area (Å²) in [5.74, 6) is -0.0644. The van der Waals surface area contributed by atoms with Gasteiger partial charge in [-0.1, -0.05) is 6.07 Å². The SMILES string of the molecule is CB1CCc2ccc(OC3CN(CCC(=O)N4CCOCC4)C3)c(C(=O)O)c2O1. The highest BCUT2D eigenvalue weighted by atomic mass is 16.5. The molecule has 0 spiro atoms. The highest BCUT2D eigenvalue weighted by molar-refractivity contribution is 6.51. The number of benzene rings is 1. The van der Waals surface area contributed by atoms with E-state index in [0.29, 0.717) is 63.9 Å². The standard InChI is InChI=1S/C20H27BN2O6/c1-21-6-4-14-2-3-16(18(20(25)26)19(14)29-21)28-15-12-22(13-15)7-5-17(24)23-8-10-27-11-9-23/h2-3,15H,4-13H2,1H3,(H,25,26). The Morgan fingerprint density at radius 1 is 1.28 bits per heavy atom. The van der Waals surface area contributed by atoms with Gasteiger partial charge in [0.25, 0.3) is 0 Å². The van der Waals surface area contributed by atoms with Gasteiger partial charge < -0.3 is 24.1 Å². The largest absolute Gasteiger partial charge is 0.560 e. The van der Waals surface area contributed by atoms with Crippen LogP contribution in [0.4, 0.5) is 0 Å². The topological polar surface area (TPSA) is 88.5 Å². The van der Waals surface area contributed by atoms with Crippen LogP contribution in [-0.4, -0.2) is 85.7 Å². The summed E-state index contributed by atoms with van der Waals surface area (Å²) >= 11 is 0. The van der Waals surface area contributed by atoms with Crippen molar-refractivity contribution in [3.05, 3.63) is 23.3 Å². The van der Waals surface area contributed by atoms with Gasteiger partial charge in [0.05, 0.1) is 13.2 Å². The van der Waals surface area contributed by atoms with Gasteiger partial charge in [0, 0.05) is 39.1 Å². The molecule has 1 aromatic carbocycles. The molecule has 1 aromatic rings. The quantitative estimate of drug-likeness (QED) is 0.717. The van der Waals surface area contributed by atoms with Crippen molar-refractivity contribution in [3.8, 4) is 11.5 Å². The lowest BCUT2D eigenvalue weighted by Crippen LogP contribution is -2.54. The molecule has 1 amide bonds. The molecule has 29 heavy (non-hydrogen) atoms. The molecule has 0 radical (unpaired) electrons. The maximum atomic E-state index is 12.2. The first-order chi connectivity index (χ1) is 14.0. The molecule has 4 rings (SSSR count). The van der Waals surface area contributed by atoms with Crippen molar-refractivity contribution in [1.29, 1.82) is 0 Å². The molecule has 3 aliphatic rings. The van der Waals surface area contributed by atoms with E-state index < -0.39 is 5.97 Å². The number of carboxylic acids is 1. The first-order valence-electron chi connectivity index (χ1n) is 10.3. The highest BCUT2D eigenvalue weighted by Crippen LogP contribution is 2.37. The molecule has 0 bridgehead atoms. The number of aryl methyl sites for hydroxylation is 1. The van der Waals surface area contributed by atoms with E-state index in [-0.39, 0.29) is 24.5 Å². The summed E-state index contributed by atoms with van der Waals surface area (Å²) in [7, 11) is 0. The number of carboxylic acid groups (broad SMARTS) is 1. The predicted molar refractivity (Wildman–Crippen MR) is 107 cm³/mol. The summed E-state index contributed by atoms with van der Waals surface area (Å²) in [5.41, 5.74) is 1.04. The van der Waals surface area contributed by atoms with E-state index in [1.54, 1.807) is 6.07 Å². The van der Waals surface area contributed by atoms with Crippen molar-refractivity contribution in [2.75, 3.05) is 45.9 Å². The van der Waals surface area contributed by atoms with Gasteiger partial charge in [0.15, 0.2) is 0 Å². The minimum absolute atomic E-state index is 0.000882. The van der Waals surface area contributed by atoms with Gasteiger partial charge in [-0.3, -0.25) is 9.69 Å². The molecule has 0 saturated carbocycles. The van der Waals surface area contributed by atoms with Crippen LogP contribution in [-0.2, 0) is 16.0 Å². The number of morpholine rings is 1. The molecule has 9 heteroatoms. The molecule has 156 valence electrons. The number of fused-ring (bicyclic) bond motifs is 1. The second kappa shape index (κ2) is 8.63. The van der Waals surface area contributed by atoms with Crippen LogP contribution in [0.25, 0.3) is 0 Å². The molecule has 0 atom stereocenters. The van der Waals surface area contributed by atoms with E-state index in [9.17, 15) is 14.7 Å². The smallest absolute Gasteiger partial charge is 0.354 e. The van der Waals surface area contributed by atoms with Crippen LogP contribution in [0.1, 0.15) is 22.3 Å². The Balaban J connectivity index is 1.30. The Bertz CT molecular complexity index is 776. The van der Waals surface area contributed by atoms with Crippen molar-refractivity contribution in [3.63, 3.8) is 0 Å². The van der Waals surface area contributed by atoms with Gasteiger partial charge in [-0.15, -0.1) is 0 Å². The van der Waals surface area contributed by atoms with E-state index in [2.05, 4.69) is 4.90 Å². The summed E-state index contributed by atoms with van der Waals surface area (Å²) in [6.45, 7) is 6.56. The number of nitrogens with zero attached hydrogens (tertiary/aromatic N) is 2. The number of carbonyl (C=O) groups is 2. The van der Waals surface area contributed by atoms with Gasteiger partial charge in [0.2, 0.25) is 5.91 Å². The van der Waals surface area contributed by atoms with Crippen LogP contribution < -0.4 is 9.39 Å². The molecular formula is C20H27BN2O6. The monoisotopic (exact) mass is 402 g/mol. The summed E-state index contributed by atoms with van der Waals surface area (Å²) in [4.78, 5) is 28.1. The Kier molecular flexibility index (Phi) is 5.96. The van der Waals surface area contributed by atoms with Crippen LogP contribution >= 0.6 is 0 Å². The minimum atomic E-state index is -1.03. The van der Waals surface area contributed by atoms with E-state index in [1.807, 2.05) is 17.8 Å². The molecule has 2 saturated heterocycles. The Hall–Kier alpha value is -2.26. The normalized spacial score (nSPS) is 19.9. The van der Waals surface area contributed by atoms with Crippen LogP contribution in [0.5, 0.6) is 11.5 Å². The summed E-state index contributed by atoms with van der Waals surface area (Å²) in [5, 5.41) is 9.71. The molecule has 0 unspecified atom stereocenters. The fourth-order valence-corrected chi connectivity index (χ4v) is 4.04. The van der Waals surface area contributed by atoms with Crippen molar-refractivity contribution < 1.29 is 28.8 Å². The first kappa shape index (κ1) is 20.0. The van der Waals surface area contributed by atoms with Gasteiger partial charge in [-0.2, -0.15) is 0 Å². The third-order valence-corrected chi connectivity index (χ3v) is 5.78. The van der Waals surface area contributed by atoms with Crippen molar-refractivity contribution in [2.45, 2.75) is 32.1 Å². The molecule has 2 fully saturated rings. The molecule has 3 aliphatic heterocycles. The zero-order valence-corrected chi connectivity index (χ0v) is 16.8. The fourth-order valence-electron chi connectivity index (χ4n) is 4.04. The van der Waals surface area contributed by atoms with E-state index in [0.717, 1.165) is 18.3 Å². The van der Waals surface area contributed by atoms with Crippen LogP contribution in [0, 0.1) is 0 Å². The number of hydrogen-bond acceptors (Lipinski definition) is 6. The maximum Gasteiger partial charge on any atom is 0.354 e. The minimum Gasteiger partial charge on any atom is -0.560 e. The lowest BCUT2D eigenvalue weighted by atomic mass is 9.64. The lowest BCUT2D eigenvalue weighted by Gasteiger charge is -2.39. The van der Waals surface area contributed by atoms with E-state index in [1.165, 1.54) is 0 Å². The number of ether oxygens (including phenoxy) is 2. The third-order valence-electron chi connectivity index (χ3n) is 5.78. The van der Waals surface area contributed by atoms with Crippen LogP contribution in [0.15, 0.2) is 12.1 Å². The second-order valence-electron chi connectivity index (χ2n) is 7.94. The van der Waals surface area contributed by atoms with E-state index >= 15 is 0 Å². The zero-order valence-electron chi connectivity index (χ0n) is 16.8. The van der Waals surface area contributed by atoms with E-state index in [4.69, 9.17) is 14.1 Å². The van der Waals surface area contributed by atoms with Crippen LogP contribution in [0.2, 0.25) is 13.1 Å². The van der Waals surface area contributed by atoms with Gasteiger partial charge >= 0.3 is 12.9 Å².